The SMILES string of the molecule is CCC(CC)C1CCN(C(=NC)NCCCn2cccn2)C1.I. The molecule has 1 N–H and O–H groups in total. The summed E-state index contributed by atoms with van der Waals surface area (Å²) in [6.45, 7) is 8.83. The predicted octanol–water partition coefficient (Wildman–Crippen LogP) is 3.22. The maximum absolute atomic E-state index is 4.46. The molecule has 0 saturated carbocycles. The van der Waals surface area contributed by atoms with E-state index in [0.29, 0.717) is 0 Å². The minimum atomic E-state index is 0. The third-order valence-electron chi connectivity index (χ3n) is 4.86. The fraction of sp³-hybridized carbons (Fsp3) is 0.765. The molecule has 1 aromatic heterocycles. The number of nitrogens with one attached hydrogen (secondary N) is 1. The minimum absolute atomic E-state index is 0. The van der Waals surface area contributed by atoms with Crippen LogP contribution in [0.1, 0.15) is 39.5 Å². The van der Waals surface area contributed by atoms with E-state index >= 15 is 0 Å². The molecule has 1 saturated heterocycles. The van der Waals surface area contributed by atoms with Gasteiger partial charge in [0.1, 0.15) is 0 Å². The molecule has 2 heterocycles. The molecular formula is C17H32IN5. The van der Waals surface area contributed by atoms with Crippen molar-refractivity contribution in [2.45, 2.75) is 46.1 Å². The van der Waals surface area contributed by atoms with Crippen LogP contribution in [0.15, 0.2) is 23.5 Å². The molecule has 0 amide bonds. The van der Waals surface area contributed by atoms with E-state index in [-0.39, 0.29) is 24.0 Å². The van der Waals surface area contributed by atoms with Gasteiger partial charge in [0.05, 0.1) is 0 Å². The van der Waals surface area contributed by atoms with E-state index in [1.165, 1.54) is 19.3 Å². The number of rotatable bonds is 7. The van der Waals surface area contributed by atoms with Crippen LogP contribution in [0, 0.1) is 11.8 Å². The Morgan fingerprint density at radius 1 is 1.39 bits per heavy atom. The first-order chi connectivity index (χ1) is 10.8. The van der Waals surface area contributed by atoms with E-state index in [9.17, 15) is 0 Å². The molecule has 1 aliphatic heterocycles. The van der Waals surface area contributed by atoms with Crippen molar-refractivity contribution in [3.05, 3.63) is 18.5 Å². The molecule has 132 valence electrons. The summed E-state index contributed by atoms with van der Waals surface area (Å²) in [6, 6.07) is 1.97. The van der Waals surface area contributed by atoms with Gasteiger partial charge in [-0.05, 0) is 30.7 Å². The summed E-state index contributed by atoms with van der Waals surface area (Å²) in [5.41, 5.74) is 0. The average molecular weight is 433 g/mol. The summed E-state index contributed by atoms with van der Waals surface area (Å²) in [7, 11) is 1.89. The molecule has 6 heteroatoms. The van der Waals surface area contributed by atoms with Crippen molar-refractivity contribution < 1.29 is 0 Å². The molecular weight excluding hydrogens is 401 g/mol. The maximum Gasteiger partial charge on any atom is 0.193 e. The van der Waals surface area contributed by atoms with Gasteiger partial charge in [0.15, 0.2) is 5.96 Å². The Bertz CT molecular complexity index is 442. The Labute approximate surface area is 157 Å². The highest BCUT2D eigenvalue weighted by Gasteiger charge is 2.29. The van der Waals surface area contributed by atoms with Gasteiger partial charge in [0.2, 0.25) is 0 Å². The van der Waals surface area contributed by atoms with Gasteiger partial charge in [-0.25, -0.2) is 0 Å². The van der Waals surface area contributed by atoms with Crippen molar-refractivity contribution in [2.24, 2.45) is 16.8 Å². The van der Waals surface area contributed by atoms with Crippen LogP contribution in [0.4, 0.5) is 0 Å². The van der Waals surface area contributed by atoms with Crippen molar-refractivity contribution in [1.29, 1.82) is 0 Å². The first kappa shape index (κ1) is 20.3. The predicted molar refractivity (Wildman–Crippen MR) is 107 cm³/mol. The molecule has 23 heavy (non-hydrogen) atoms. The normalized spacial score (nSPS) is 18.3. The summed E-state index contributed by atoms with van der Waals surface area (Å²) >= 11 is 0. The highest BCUT2D eigenvalue weighted by Crippen LogP contribution is 2.28. The van der Waals surface area contributed by atoms with Gasteiger partial charge in [-0.2, -0.15) is 5.10 Å². The van der Waals surface area contributed by atoms with Crippen LogP contribution in [0.25, 0.3) is 0 Å². The lowest BCUT2D eigenvalue weighted by Gasteiger charge is -2.24. The van der Waals surface area contributed by atoms with Crippen LogP contribution in [-0.2, 0) is 6.54 Å². The molecule has 1 unspecified atom stereocenters. The molecule has 0 aliphatic carbocycles. The van der Waals surface area contributed by atoms with E-state index in [2.05, 4.69) is 34.2 Å². The second-order valence-corrected chi connectivity index (χ2v) is 6.17. The van der Waals surface area contributed by atoms with E-state index < -0.39 is 0 Å². The van der Waals surface area contributed by atoms with Crippen molar-refractivity contribution in [3.8, 4) is 0 Å². The largest absolute Gasteiger partial charge is 0.356 e. The summed E-state index contributed by atoms with van der Waals surface area (Å²) in [6.07, 6.45) is 8.80. The van der Waals surface area contributed by atoms with Gasteiger partial charge >= 0.3 is 0 Å². The molecule has 0 spiro atoms. The lowest BCUT2D eigenvalue weighted by molar-refractivity contribution is 0.319. The number of likely N-dealkylation sites (tertiary alicyclic amines) is 1. The van der Waals surface area contributed by atoms with Crippen molar-refractivity contribution >= 4 is 29.9 Å². The van der Waals surface area contributed by atoms with Crippen LogP contribution < -0.4 is 5.32 Å². The summed E-state index contributed by atoms with van der Waals surface area (Å²) in [4.78, 5) is 6.89. The summed E-state index contributed by atoms with van der Waals surface area (Å²) < 4.78 is 1.98. The third kappa shape index (κ3) is 5.97. The standard InChI is InChI=1S/C17H31N5.HI/c1-4-15(5-2)16-8-13-21(14-16)17(18-3)19-9-6-11-22-12-7-10-20-22;/h7,10,12,15-16H,4-6,8-9,11,13-14H2,1-3H3,(H,18,19);1H. The fourth-order valence-electron chi connectivity index (χ4n) is 3.53. The van der Waals surface area contributed by atoms with Crippen LogP contribution in [0.5, 0.6) is 0 Å². The smallest absolute Gasteiger partial charge is 0.193 e. The molecule has 0 bridgehead atoms. The number of aryl methyl sites for hydroxylation is 1. The number of hydrogen-bond donors (Lipinski definition) is 1. The Balaban J connectivity index is 0.00000264. The molecule has 0 aromatic carbocycles. The number of aliphatic imine (C=N–C) groups is 1. The second-order valence-electron chi connectivity index (χ2n) is 6.17. The van der Waals surface area contributed by atoms with Gasteiger partial charge in [-0.3, -0.25) is 9.67 Å². The maximum atomic E-state index is 4.46. The van der Waals surface area contributed by atoms with Crippen molar-refractivity contribution in [3.63, 3.8) is 0 Å². The molecule has 1 fully saturated rings. The quantitative estimate of drug-likeness (QED) is 0.311. The zero-order valence-electron chi connectivity index (χ0n) is 14.7. The third-order valence-corrected chi connectivity index (χ3v) is 4.86. The number of hydrogen-bond acceptors (Lipinski definition) is 2. The lowest BCUT2D eigenvalue weighted by atomic mass is 9.87. The molecule has 1 atom stereocenters. The van der Waals surface area contributed by atoms with Crippen LogP contribution in [-0.4, -0.2) is 47.3 Å². The molecule has 0 radical (unpaired) electrons. The molecule has 5 nitrogen and oxygen atoms in total. The lowest BCUT2D eigenvalue weighted by Crippen LogP contribution is -2.41. The Hall–Kier alpha value is -0.790. The van der Waals surface area contributed by atoms with Crippen LogP contribution in [0.2, 0.25) is 0 Å². The van der Waals surface area contributed by atoms with Crippen molar-refractivity contribution in [1.82, 2.24) is 20.0 Å². The van der Waals surface area contributed by atoms with E-state index in [0.717, 1.165) is 50.4 Å². The van der Waals surface area contributed by atoms with Gasteiger partial charge in [0, 0.05) is 45.6 Å². The average Bonchev–Trinajstić information content (AvgIpc) is 3.21. The van der Waals surface area contributed by atoms with Crippen molar-refractivity contribution in [2.75, 3.05) is 26.7 Å². The topological polar surface area (TPSA) is 45.5 Å². The number of halogens is 1. The zero-order chi connectivity index (χ0) is 15.8. The number of guanidine groups is 1. The first-order valence-electron chi connectivity index (χ1n) is 8.71. The Kier molecular flexibility index (Phi) is 9.59. The van der Waals surface area contributed by atoms with Gasteiger partial charge < -0.3 is 10.2 Å². The highest BCUT2D eigenvalue weighted by atomic mass is 127. The summed E-state index contributed by atoms with van der Waals surface area (Å²) in [5, 5.41) is 7.73. The minimum Gasteiger partial charge on any atom is -0.356 e. The number of aromatic nitrogens is 2. The molecule has 1 aromatic rings. The Morgan fingerprint density at radius 3 is 2.78 bits per heavy atom. The highest BCUT2D eigenvalue weighted by molar-refractivity contribution is 14.0. The van der Waals surface area contributed by atoms with Gasteiger partial charge in [-0.1, -0.05) is 26.7 Å². The second kappa shape index (κ2) is 10.9. The fourth-order valence-corrected chi connectivity index (χ4v) is 3.53. The zero-order valence-corrected chi connectivity index (χ0v) is 17.1. The Morgan fingerprint density at radius 2 is 2.17 bits per heavy atom. The van der Waals surface area contributed by atoms with E-state index in [1.54, 1.807) is 0 Å². The first-order valence-corrected chi connectivity index (χ1v) is 8.71. The number of nitrogens with zero attached hydrogens (tertiary/aromatic N) is 4. The summed E-state index contributed by atoms with van der Waals surface area (Å²) in [5.74, 6) is 2.76. The molecule has 1 aliphatic rings. The van der Waals surface area contributed by atoms with E-state index in [1.807, 2.05) is 30.2 Å². The van der Waals surface area contributed by atoms with E-state index in [4.69, 9.17) is 0 Å². The van der Waals surface area contributed by atoms with Crippen LogP contribution >= 0.6 is 24.0 Å². The van der Waals surface area contributed by atoms with Crippen LogP contribution in [0.3, 0.4) is 0 Å². The monoisotopic (exact) mass is 433 g/mol. The molecule has 2 rings (SSSR count). The van der Waals surface area contributed by atoms with Gasteiger partial charge in [0.25, 0.3) is 0 Å². The van der Waals surface area contributed by atoms with Gasteiger partial charge in [-0.15, -0.1) is 24.0 Å².